The van der Waals surface area contributed by atoms with Gasteiger partial charge in [0.2, 0.25) is 5.78 Å². The predicted octanol–water partition coefficient (Wildman–Crippen LogP) is 5.07. The number of aryl methyl sites for hydroxylation is 2. The van der Waals surface area contributed by atoms with E-state index in [0.29, 0.717) is 23.5 Å². The fraction of sp³-hybridized carbons (Fsp3) is 0.154. The molecular weight excluding hydrogens is 436 g/mol. The molecule has 6 nitrogen and oxygen atoms in total. The smallest absolute Gasteiger partial charge is 0.282 e. The third-order valence-corrected chi connectivity index (χ3v) is 6.72. The van der Waals surface area contributed by atoms with Crippen molar-refractivity contribution in [3.63, 3.8) is 0 Å². The lowest BCUT2D eigenvalue weighted by Crippen LogP contribution is -2.22. The number of fused-ring (bicyclic) bond motifs is 1. The van der Waals surface area contributed by atoms with Gasteiger partial charge in [0, 0.05) is 16.8 Å². The van der Waals surface area contributed by atoms with E-state index in [2.05, 4.69) is 9.71 Å². The summed E-state index contributed by atoms with van der Waals surface area (Å²) in [5.41, 5.74) is 4.29. The molecule has 0 unspecified atom stereocenters. The van der Waals surface area contributed by atoms with Crippen molar-refractivity contribution in [2.24, 2.45) is 4.40 Å². The molecule has 1 aliphatic rings. The maximum atomic E-state index is 13.1. The number of nitrogens with one attached hydrogen (secondary N) is 1. The average Bonchev–Trinajstić information content (AvgIpc) is 2.80. The molecule has 7 heteroatoms. The molecule has 4 rings (SSSR count). The second-order valence-corrected chi connectivity index (χ2v) is 9.32. The Hall–Kier alpha value is -3.71. The number of hydrogen-bond acceptors (Lipinski definition) is 5. The second-order valence-electron chi connectivity index (χ2n) is 7.71. The van der Waals surface area contributed by atoms with Gasteiger partial charge in [-0.1, -0.05) is 30.3 Å². The van der Waals surface area contributed by atoms with Crippen molar-refractivity contribution in [3.05, 3.63) is 101 Å². The molecule has 0 amide bonds. The molecule has 0 aromatic heterocycles. The highest BCUT2D eigenvalue weighted by Gasteiger charge is 2.26. The van der Waals surface area contributed by atoms with E-state index in [1.54, 1.807) is 36.4 Å². The monoisotopic (exact) mass is 460 g/mol. The van der Waals surface area contributed by atoms with Crippen LogP contribution in [0.3, 0.4) is 0 Å². The van der Waals surface area contributed by atoms with Gasteiger partial charge in [-0.05, 0) is 74.4 Å². The molecule has 0 fully saturated rings. The van der Waals surface area contributed by atoms with E-state index in [0.717, 1.165) is 16.8 Å². The molecule has 0 atom stereocenters. The van der Waals surface area contributed by atoms with Crippen LogP contribution < -0.4 is 10.1 Å². The fourth-order valence-electron chi connectivity index (χ4n) is 3.53. The molecule has 168 valence electrons. The van der Waals surface area contributed by atoms with Gasteiger partial charge in [-0.2, -0.15) is 12.8 Å². The van der Waals surface area contributed by atoms with Crippen LogP contribution in [0.15, 0.2) is 87.8 Å². The van der Waals surface area contributed by atoms with E-state index in [9.17, 15) is 13.2 Å². The predicted molar refractivity (Wildman–Crippen MR) is 130 cm³/mol. The molecular formula is C26H24N2O4S. The molecule has 3 aromatic rings. The SMILES string of the molecule is CCOc1ccc(S(=O)(=O)N=C2C=C(Nc3ccc(C)c(C)c3)C(=O)c3ccccc32)cc1. The third-order valence-electron chi connectivity index (χ3n) is 5.41. The highest BCUT2D eigenvalue weighted by atomic mass is 32.2. The molecule has 0 bridgehead atoms. The Morgan fingerprint density at radius 1 is 0.909 bits per heavy atom. The highest BCUT2D eigenvalue weighted by molar-refractivity contribution is 7.90. The van der Waals surface area contributed by atoms with Gasteiger partial charge in [-0.25, -0.2) is 0 Å². The maximum absolute atomic E-state index is 13.1. The molecule has 1 N–H and O–H groups in total. The third kappa shape index (κ3) is 4.73. The lowest BCUT2D eigenvalue weighted by atomic mass is 9.92. The van der Waals surface area contributed by atoms with Gasteiger partial charge in [0.25, 0.3) is 10.0 Å². The lowest BCUT2D eigenvalue weighted by Gasteiger charge is -2.19. The quantitative estimate of drug-likeness (QED) is 0.555. The number of carbonyl (C=O) groups is 1. The molecule has 0 saturated carbocycles. The van der Waals surface area contributed by atoms with Crippen LogP contribution in [0.1, 0.15) is 34.0 Å². The first-order valence-corrected chi connectivity index (χ1v) is 12.0. The van der Waals surface area contributed by atoms with Crippen molar-refractivity contribution >= 4 is 27.2 Å². The zero-order valence-electron chi connectivity index (χ0n) is 18.6. The molecule has 0 radical (unpaired) electrons. The van der Waals surface area contributed by atoms with Crippen molar-refractivity contribution < 1.29 is 17.9 Å². The minimum absolute atomic E-state index is 0.0462. The molecule has 1 aliphatic carbocycles. The highest BCUT2D eigenvalue weighted by Crippen LogP contribution is 2.26. The topological polar surface area (TPSA) is 84.8 Å². The van der Waals surface area contributed by atoms with Gasteiger partial charge in [-0.3, -0.25) is 4.79 Å². The lowest BCUT2D eigenvalue weighted by molar-refractivity contribution is 0.103. The minimum Gasteiger partial charge on any atom is -0.494 e. The number of anilines is 1. The first kappa shape index (κ1) is 22.5. The van der Waals surface area contributed by atoms with Crippen molar-refractivity contribution in [1.29, 1.82) is 0 Å². The Kier molecular flexibility index (Phi) is 6.16. The zero-order valence-corrected chi connectivity index (χ0v) is 19.4. The van der Waals surface area contributed by atoms with Crippen LogP contribution >= 0.6 is 0 Å². The fourth-order valence-corrected chi connectivity index (χ4v) is 4.52. The first-order valence-electron chi connectivity index (χ1n) is 10.6. The van der Waals surface area contributed by atoms with E-state index in [1.807, 2.05) is 39.0 Å². The number of Topliss-reactive ketones (excluding diaryl/α,β-unsaturated/α-hetero) is 1. The van der Waals surface area contributed by atoms with E-state index in [1.165, 1.54) is 18.2 Å². The van der Waals surface area contributed by atoms with Crippen LogP contribution in [0.2, 0.25) is 0 Å². The van der Waals surface area contributed by atoms with Gasteiger partial charge in [0.15, 0.2) is 0 Å². The maximum Gasteiger partial charge on any atom is 0.282 e. The summed E-state index contributed by atoms with van der Waals surface area (Å²) in [6.45, 7) is 6.34. The largest absolute Gasteiger partial charge is 0.494 e. The van der Waals surface area contributed by atoms with Gasteiger partial charge in [0.1, 0.15) is 5.75 Å². The summed E-state index contributed by atoms with van der Waals surface area (Å²) in [7, 11) is -4.01. The molecule has 0 spiro atoms. The Morgan fingerprint density at radius 3 is 2.27 bits per heavy atom. The minimum atomic E-state index is -4.01. The van der Waals surface area contributed by atoms with Crippen molar-refractivity contribution in [3.8, 4) is 5.75 Å². The molecule has 33 heavy (non-hydrogen) atoms. The number of nitrogens with zero attached hydrogens (tertiary/aromatic N) is 1. The normalized spacial score (nSPS) is 14.6. The van der Waals surface area contributed by atoms with E-state index in [4.69, 9.17) is 4.74 Å². The summed E-state index contributed by atoms with van der Waals surface area (Å²) < 4.78 is 35.6. The molecule has 0 heterocycles. The Labute approximate surface area is 193 Å². The number of allylic oxidation sites excluding steroid dienone is 2. The van der Waals surface area contributed by atoms with Crippen molar-refractivity contribution in [1.82, 2.24) is 0 Å². The van der Waals surface area contributed by atoms with E-state index >= 15 is 0 Å². The van der Waals surface area contributed by atoms with Crippen LogP contribution in [0.5, 0.6) is 5.75 Å². The second kappa shape index (κ2) is 9.03. The van der Waals surface area contributed by atoms with Crippen molar-refractivity contribution in [2.45, 2.75) is 25.7 Å². The van der Waals surface area contributed by atoms with Crippen LogP contribution in [-0.2, 0) is 10.0 Å². The Bertz CT molecular complexity index is 1390. The summed E-state index contributed by atoms with van der Waals surface area (Å²) in [5, 5.41) is 3.14. The molecule has 0 saturated heterocycles. The summed E-state index contributed by atoms with van der Waals surface area (Å²) in [4.78, 5) is 13.2. The first-order chi connectivity index (χ1) is 15.8. The van der Waals surface area contributed by atoms with Crippen LogP contribution in [0, 0.1) is 13.8 Å². The van der Waals surface area contributed by atoms with Gasteiger partial charge >= 0.3 is 0 Å². The summed E-state index contributed by atoms with van der Waals surface area (Å²) >= 11 is 0. The number of benzene rings is 3. The number of carbonyl (C=O) groups excluding carboxylic acids is 1. The molecule has 3 aromatic carbocycles. The number of rotatable bonds is 6. The zero-order chi connectivity index (χ0) is 23.6. The van der Waals surface area contributed by atoms with Gasteiger partial charge < -0.3 is 10.1 Å². The number of hydrogen-bond donors (Lipinski definition) is 1. The Morgan fingerprint density at radius 2 is 1.61 bits per heavy atom. The van der Waals surface area contributed by atoms with E-state index < -0.39 is 10.0 Å². The number of sulfonamides is 1. The Balaban J connectivity index is 1.76. The van der Waals surface area contributed by atoms with Gasteiger partial charge in [-0.15, -0.1) is 0 Å². The molecule has 0 aliphatic heterocycles. The summed E-state index contributed by atoms with van der Waals surface area (Å²) in [6.07, 6.45) is 1.49. The number of ether oxygens (including phenoxy) is 1. The van der Waals surface area contributed by atoms with Crippen molar-refractivity contribution in [2.75, 3.05) is 11.9 Å². The van der Waals surface area contributed by atoms with E-state index in [-0.39, 0.29) is 22.1 Å². The summed E-state index contributed by atoms with van der Waals surface area (Å²) in [5.74, 6) is 0.360. The van der Waals surface area contributed by atoms with Crippen LogP contribution in [-0.4, -0.2) is 26.5 Å². The average molecular weight is 461 g/mol. The van der Waals surface area contributed by atoms with Gasteiger partial charge in [0.05, 0.1) is 22.9 Å². The van der Waals surface area contributed by atoms with Crippen LogP contribution in [0.4, 0.5) is 5.69 Å². The summed E-state index contributed by atoms with van der Waals surface area (Å²) in [6, 6.07) is 18.8. The standard InChI is InChI=1S/C26H24N2O4S/c1-4-32-20-11-13-21(14-12-20)33(30,31)28-24-16-25(26(29)23-8-6-5-7-22(23)24)27-19-10-9-17(2)18(3)15-19/h5-16,27H,4H2,1-3H3. The van der Waals surface area contributed by atoms with Crippen LogP contribution in [0.25, 0.3) is 0 Å². The number of ketones is 1.